The Morgan fingerprint density at radius 3 is 2.47 bits per heavy atom. The smallest absolute Gasteiger partial charge is 0.0438 e. The molecule has 1 aliphatic rings. The Kier molecular flexibility index (Phi) is 5.29. The Morgan fingerprint density at radius 2 is 1.84 bits per heavy atom. The molecule has 0 heterocycles. The van der Waals surface area contributed by atoms with Gasteiger partial charge in [-0.2, -0.15) is 0 Å². The monoisotopic (exact) mass is 279 g/mol. The molecule has 0 spiro atoms. The van der Waals surface area contributed by atoms with E-state index in [1.165, 1.54) is 48.8 Å². The Balaban J connectivity index is 2.29. The second kappa shape index (κ2) is 6.76. The van der Waals surface area contributed by atoms with E-state index < -0.39 is 0 Å². The molecule has 19 heavy (non-hydrogen) atoms. The van der Waals surface area contributed by atoms with E-state index in [2.05, 4.69) is 38.2 Å². The SMILES string of the molecule is CCNC(c1cc(C)c(Cl)cc1C)C1CCCCC1. The molecule has 1 atom stereocenters. The third-order valence-corrected chi connectivity index (χ3v) is 4.83. The van der Waals surface area contributed by atoms with Gasteiger partial charge >= 0.3 is 0 Å². The van der Waals surface area contributed by atoms with Crippen molar-refractivity contribution < 1.29 is 0 Å². The highest BCUT2D eigenvalue weighted by molar-refractivity contribution is 6.31. The normalized spacial score (nSPS) is 18.5. The second-order valence-electron chi connectivity index (χ2n) is 5.89. The van der Waals surface area contributed by atoms with Crippen LogP contribution in [-0.2, 0) is 0 Å². The first-order valence-corrected chi connectivity index (χ1v) is 8.01. The molecular weight excluding hydrogens is 254 g/mol. The van der Waals surface area contributed by atoms with Gasteiger partial charge in [0.25, 0.3) is 0 Å². The molecule has 0 radical (unpaired) electrons. The molecule has 106 valence electrons. The van der Waals surface area contributed by atoms with Crippen LogP contribution in [0.2, 0.25) is 5.02 Å². The Hall–Kier alpha value is -0.530. The van der Waals surface area contributed by atoms with Gasteiger partial charge in [0.1, 0.15) is 0 Å². The fraction of sp³-hybridized carbons (Fsp3) is 0.647. The van der Waals surface area contributed by atoms with Crippen LogP contribution >= 0.6 is 11.6 Å². The van der Waals surface area contributed by atoms with Gasteiger partial charge in [0, 0.05) is 11.1 Å². The van der Waals surface area contributed by atoms with Gasteiger partial charge < -0.3 is 5.32 Å². The number of aryl methyl sites for hydroxylation is 2. The first kappa shape index (κ1) is 14.9. The zero-order valence-electron chi connectivity index (χ0n) is 12.4. The molecule has 1 aromatic rings. The highest BCUT2D eigenvalue weighted by atomic mass is 35.5. The lowest BCUT2D eigenvalue weighted by Crippen LogP contribution is -2.30. The van der Waals surface area contributed by atoms with E-state index in [1.54, 1.807) is 0 Å². The van der Waals surface area contributed by atoms with Crippen LogP contribution in [0.3, 0.4) is 0 Å². The van der Waals surface area contributed by atoms with E-state index in [1.807, 2.05) is 0 Å². The van der Waals surface area contributed by atoms with Gasteiger partial charge in [0.15, 0.2) is 0 Å². The van der Waals surface area contributed by atoms with Crippen LogP contribution in [0, 0.1) is 19.8 Å². The van der Waals surface area contributed by atoms with Crippen LogP contribution in [0.15, 0.2) is 12.1 Å². The van der Waals surface area contributed by atoms with Gasteiger partial charge in [-0.15, -0.1) is 0 Å². The van der Waals surface area contributed by atoms with Crippen molar-refractivity contribution in [2.45, 2.75) is 58.9 Å². The minimum absolute atomic E-state index is 0.501. The van der Waals surface area contributed by atoms with E-state index in [-0.39, 0.29) is 0 Å². The van der Waals surface area contributed by atoms with Crippen molar-refractivity contribution in [1.82, 2.24) is 5.32 Å². The van der Waals surface area contributed by atoms with Crippen LogP contribution in [0.1, 0.15) is 61.8 Å². The summed E-state index contributed by atoms with van der Waals surface area (Å²) in [6.07, 6.45) is 6.90. The van der Waals surface area contributed by atoms with E-state index >= 15 is 0 Å². The molecule has 0 bridgehead atoms. The Morgan fingerprint density at radius 1 is 1.16 bits per heavy atom. The summed E-state index contributed by atoms with van der Waals surface area (Å²) in [6.45, 7) is 7.53. The maximum atomic E-state index is 6.23. The molecule has 0 amide bonds. The highest BCUT2D eigenvalue weighted by Gasteiger charge is 2.25. The zero-order chi connectivity index (χ0) is 13.8. The predicted octanol–water partition coefficient (Wildman–Crippen LogP) is 5.19. The second-order valence-corrected chi connectivity index (χ2v) is 6.30. The number of hydrogen-bond donors (Lipinski definition) is 1. The van der Waals surface area contributed by atoms with Crippen molar-refractivity contribution in [3.63, 3.8) is 0 Å². The fourth-order valence-corrected chi connectivity index (χ4v) is 3.57. The molecule has 1 aliphatic carbocycles. The number of hydrogen-bond acceptors (Lipinski definition) is 1. The molecule has 1 fully saturated rings. The van der Waals surface area contributed by atoms with Crippen molar-refractivity contribution in [2.75, 3.05) is 6.54 Å². The van der Waals surface area contributed by atoms with Crippen molar-refractivity contribution in [3.05, 3.63) is 33.8 Å². The van der Waals surface area contributed by atoms with Gasteiger partial charge in [-0.3, -0.25) is 0 Å². The average molecular weight is 280 g/mol. The standard InChI is InChI=1S/C17H26ClN/c1-4-19-17(14-8-6-5-7-9-14)15-10-13(3)16(18)11-12(15)2/h10-11,14,17,19H,4-9H2,1-3H3. The van der Waals surface area contributed by atoms with Crippen LogP contribution in [-0.4, -0.2) is 6.54 Å². The van der Waals surface area contributed by atoms with E-state index in [9.17, 15) is 0 Å². The van der Waals surface area contributed by atoms with Crippen LogP contribution in [0.5, 0.6) is 0 Å². The maximum absolute atomic E-state index is 6.23. The summed E-state index contributed by atoms with van der Waals surface area (Å²) < 4.78 is 0. The quantitative estimate of drug-likeness (QED) is 0.800. The molecule has 2 heteroatoms. The molecule has 2 rings (SSSR count). The molecular formula is C17H26ClN. The van der Waals surface area contributed by atoms with Crippen molar-refractivity contribution in [1.29, 1.82) is 0 Å². The van der Waals surface area contributed by atoms with Gasteiger partial charge in [-0.1, -0.05) is 43.9 Å². The van der Waals surface area contributed by atoms with Gasteiger partial charge in [-0.05, 0) is 61.9 Å². The summed E-state index contributed by atoms with van der Waals surface area (Å²) in [5, 5.41) is 4.60. The maximum Gasteiger partial charge on any atom is 0.0438 e. The summed E-state index contributed by atoms with van der Waals surface area (Å²) >= 11 is 6.23. The minimum Gasteiger partial charge on any atom is -0.310 e. The van der Waals surface area contributed by atoms with Crippen molar-refractivity contribution in [2.24, 2.45) is 5.92 Å². The third-order valence-electron chi connectivity index (χ3n) is 4.43. The molecule has 1 nitrogen and oxygen atoms in total. The van der Waals surface area contributed by atoms with Gasteiger partial charge in [0.2, 0.25) is 0 Å². The topological polar surface area (TPSA) is 12.0 Å². The highest BCUT2D eigenvalue weighted by Crippen LogP contribution is 2.36. The zero-order valence-corrected chi connectivity index (χ0v) is 13.2. The summed E-state index contributed by atoms with van der Waals surface area (Å²) in [6, 6.07) is 4.92. The number of benzene rings is 1. The average Bonchev–Trinajstić information content (AvgIpc) is 2.42. The molecule has 1 unspecified atom stereocenters. The van der Waals surface area contributed by atoms with Gasteiger partial charge in [0.05, 0.1) is 0 Å². The summed E-state index contributed by atoms with van der Waals surface area (Å²) in [5.74, 6) is 0.785. The molecule has 0 aliphatic heterocycles. The molecule has 0 saturated heterocycles. The minimum atomic E-state index is 0.501. The molecule has 1 aromatic carbocycles. The third kappa shape index (κ3) is 3.52. The summed E-state index contributed by atoms with van der Waals surface area (Å²) in [5.41, 5.74) is 3.98. The lowest BCUT2D eigenvalue weighted by molar-refractivity contribution is 0.274. The van der Waals surface area contributed by atoms with Gasteiger partial charge in [-0.25, -0.2) is 0 Å². The van der Waals surface area contributed by atoms with E-state index in [0.29, 0.717) is 6.04 Å². The largest absolute Gasteiger partial charge is 0.310 e. The Bertz CT molecular complexity index is 422. The Labute approximate surface area is 122 Å². The summed E-state index contributed by atoms with van der Waals surface area (Å²) in [7, 11) is 0. The van der Waals surface area contributed by atoms with Crippen molar-refractivity contribution >= 4 is 11.6 Å². The van der Waals surface area contributed by atoms with E-state index in [0.717, 1.165) is 17.5 Å². The molecule has 1 N–H and O–H groups in total. The molecule has 0 aromatic heterocycles. The number of rotatable bonds is 4. The van der Waals surface area contributed by atoms with Crippen LogP contribution < -0.4 is 5.32 Å². The first-order chi connectivity index (χ1) is 9.13. The van der Waals surface area contributed by atoms with Crippen molar-refractivity contribution in [3.8, 4) is 0 Å². The first-order valence-electron chi connectivity index (χ1n) is 7.63. The number of halogens is 1. The van der Waals surface area contributed by atoms with E-state index in [4.69, 9.17) is 11.6 Å². The number of nitrogens with one attached hydrogen (secondary N) is 1. The lowest BCUT2D eigenvalue weighted by atomic mass is 9.80. The molecule has 1 saturated carbocycles. The fourth-order valence-electron chi connectivity index (χ4n) is 3.36. The lowest BCUT2D eigenvalue weighted by Gasteiger charge is -2.32. The van der Waals surface area contributed by atoms with Crippen LogP contribution in [0.4, 0.5) is 0 Å². The summed E-state index contributed by atoms with van der Waals surface area (Å²) in [4.78, 5) is 0. The predicted molar refractivity (Wildman–Crippen MR) is 83.9 cm³/mol. The van der Waals surface area contributed by atoms with Crippen LogP contribution in [0.25, 0.3) is 0 Å².